The molecule has 2 nitrogen and oxygen atoms in total. The Balaban J connectivity index is 1.29. The fraction of sp³-hybridized carbons (Fsp3) is 0.0357. The van der Waals surface area contributed by atoms with Gasteiger partial charge in [0.15, 0.2) is 0 Å². The predicted octanol–water partition coefficient (Wildman–Crippen LogP) is 13.6. The maximum absolute atomic E-state index is 14.6. The number of rotatable bonds is 6. The Morgan fingerprint density at radius 1 is 0.259 bits per heavy atom. The van der Waals surface area contributed by atoms with E-state index in [1.807, 2.05) is 36.4 Å². The number of Topliss-reactive ketones (excluding diaryl/α,β-unsaturated/α-hetero) is 2. The van der Waals surface area contributed by atoms with Gasteiger partial charge in [-0.05, 0) is 136 Å². The molecule has 2 heteroatoms. The van der Waals surface area contributed by atoms with Crippen molar-refractivity contribution in [2.75, 3.05) is 0 Å². The van der Waals surface area contributed by atoms with Crippen molar-refractivity contribution in [1.29, 1.82) is 0 Å². The minimum Gasteiger partial charge on any atom is -0.290 e. The number of carbonyl (C=O) groups is 2. The first-order valence-electron chi connectivity index (χ1n) is 19.9. The molecule has 0 heterocycles. The highest BCUT2D eigenvalue weighted by Crippen LogP contribution is 2.58. The van der Waals surface area contributed by atoms with E-state index in [0.29, 0.717) is 0 Å². The van der Waals surface area contributed by atoms with Crippen LogP contribution in [-0.2, 0) is 9.59 Å². The molecule has 3 aliphatic carbocycles. The van der Waals surface area contributed by atoms with E-state index in [-0.39, 0.29) is 11.6 Å². The SMILES string of the molecule is O=C1C(=O)C2c3ccccc3C1c1c2c(-c2cc(-c3ccccc3)cc(-c3ccccc3)c2)c2ccccc2c1-c1cc(-c2ccccc2)cc(-c2ccccc2)c1. The molecule has 2 bridgehead atoms. The van der Waals surface area contributed by atoms with E-state index in [2.05, 4.69) is 170 Å². The van der Waals surface area contributed by atoms with Crippen molar-refractivity contribution in [3.63, 3.8) is 0 Å². The molecule has 58 heavy (non-hydrogen) atoms. The zero-order chi connectivity index (χ0) is 38.7. The van der Waals surface area contributed by atoms with Crippen molar-refractivity contribution in [2.24, 2.45) is 0 Å². The van der Waals surface area contributed by atoms with Crippen LogP contribution in [0.4, 0.5) is 0 Å². The van der Waals surface area contributed by atoms with Crippen LogP contribution in [0.2, 0.25) is 0 Å². The Morgan fingerprint density at radius 2 is 0.517 bits per heavy atom. The van der Waals surface area contributed by atoms with E-state index in [1.54, 1.807) is 0 Å². The summed E-state index contributed by atoms with van der Waals surface area (Å²) in [6, 6.07) is 72.2. The lowest BCUT2D eigenvalue weighted by molar-refractivity contribution is -0.138. The van der Waals surface area contributed by atoms with Gasteiger partial charge in [-0.1, -0.05) is 170 Å². The summed E-state index contributed by atoms with van der Waals surface area (Å²) in [5.74, 6) is -2.12. The van der Waals surface area contributed by atoms with E-state index >= 15 is 0 Å². The van der Waals surface area contributed by atoms with Crippen LogP contribution in [0, 0.1) is 0 Å². The first-order chi connectivity index (χ1) is 28.6. The normalized spacial score (nSPS) is 15.3. The van der Waals surface area contributed by atoms with Gasteiger partial charge in [-0.15, -0.1) is 0 Å². The van der Waals surface area contributed by atoms with E-state index < -0.39 is 11.8 Å². The van der Waals surface area contributed by atoms with E-state index in [1.165, 1.54) is 0 Å². The molecule has 272 valence electrons. The van der Waals surface area contributed by atoms with Crippen molar-refractivity contribution in [2.45, 2.75) is 11.8 Å². The zero-order valence-corrected chi connectivity index (χ0v) is 31.6. The largest absolute Gasteiger partial charge is 0.290 e. The molecule has 0 fully saturated rings. The number of ketones is 2. The Bertz CT molecular complexity index is 2750. The van der Waals surface area contributed by atoms with Gasteiger partial charge >= 0.3 is 0 Å². The molecule has 0 saturated carbocycles. The summed E-state index contributed by atoms with van der Waals surface area (Å²) >= 11 is 0. The maximum atomic E-state index is 14.6. The van der Waals surface area contributed by atoms with Crippen LogP contribution in [0.25, 0.3) is 77.5 Å². The summed E-state index contributed by atoms with van der Waals surface area (Å²) < 4.78 is 0. The Kier molecular flexibility index (Phi) is 7.97. The number of benzene rings is 9. The molecule has 9 aromatic rings. The molecule has 0 radical (unpaired) electrons. The van der Waals surface area contributed by atoms with Crippen LogP contribution >= 0.6 is 0 Å². The second kappa shape index (κ2) is 13.7. The predicted molar refractivity (Wildman–Crippen MR) is 237 cm³/mol. The van der Waals surface area contributed by atoms with Crippen molar-refractivity contribution < 1.29 is 9.59 Å². The van der Waals surface area contributed by atoms with Crippen LogP contribution in [0.3, 0.4) is 0 Å². The molecule has 0 N–H and O–H groups in total. The molecule has 2 atom stereocenters. The second-order valence-corrected chi connectivity index (χ2v) is 15.4. The topological polar surface area (TPSA) is 34.1 Å². The molecular formula is C56H36O2. The standard InChI is InChI=1S/C56H36O2/c57-55-51-47-27-15-16-28-48(47)52(56(55)58)54-50(44-33-41(37-21-9-3-10-22-37)30-42(34-44)38-23-11-4-12-24-38)46-26-14-13-25-45(46)49(53(51)54)43-31-39(35-17-5-1-6-18-35)29-40(32-43)36-19-7-2-8-20-36/h1-34,51-52H. The van der Waals surface area contributed by atoms with Gasteiger partial charge in [-0.3, -0.25) is 9.59 Å². The molecule has 2 unspecified atom stereocenters. The molecular weight excluding hydrogens is 705 g/mol. The van der Waals surface area contributed by atoms with Gasteiger partial charge in [0.25, 0.3) is 0 Å². The van der Waals surface area contributed by atoms with Crippen molar-refractivity contribution in [3.05, 3.63) is 229 Å². The quantitative estimate of drug-likeness (QED) is 0.159. The highest BCUT2D eigenvalue weighted by atomic mass is 16.2. The lowest BCUT2D eigenvalue weighted by Gasteiger charge is -2.41. The van der Waals surface area contributed by atoms with Crippen LogP contribution in [-0.4, -0.2) is 11.6 Å². The van der Waals surface area contributed by atoms with E-state index in [4.69, 9.17) is 0 Å². The first kappa shape index (κ1) is 33.9. The van der Waals surface area contributed by atoms with E-state index in [0.717, 1.165) is 99.8 Å². The van der Waals surface area contributed by atoms with Crippen LogP contribution in [0.15, 0.2) is 206 Å². The number of hydrogen-bond donors (Lipinski definition) is 0. The number of fused-ring (bicyclic) bond motifs is 2. The van der Waals surface area contributed by atoms with Gasteiger partial charge in [-0.25, -0.2) is 0 Å². The molecule has 12 rings (SSSR count). The van der Waals surface area contributed by atoms with Gasteiger partial charge in [0.1, 0.15) is 0 Å². The highest BCUT2D eigenvalue weighted by Gasteiger charge is 2.51. The molecule has 0 saturated heterocycles. The van der Waals surface area contributed by atoms with Gasteiger partial charge in [-0.2, -0.15) is 0 Å². The molecule has 3 aliphatic rings. The maximum Gasteiger partial charge on any atom is 0.211 e. The molecule has 0 aliphatic heterocycles. The summed E-state index contributed by atoms with van der Waals surface area (Å²) in [6.45, 7) is 0. The van der Waals surface area contributed by atoms with Gasteiger partial charge in [0, 0.05) is 0 Å². The van der Waals surface area contributed by atoms with Gasteiger partial charge in [0.05, 0.1) is 11.8 Å². The Hall–Kier alpha value is -7.42. The Labute approximate surface area is 337 Å². The average Bonchev–Trinajstić information content (AvgIpc) is 3.30. The smallest absolute Gasteiger partial charge is 0.211 e. The lowest BCUT2D eigenvalue weighted by atomic mass is 9.59. The minimum atomic E-state index is -0.728. The van der Waals surface area contributed by atoms with Gasteiger partial charge < -0.3 is 0 Å². The lowest BCUT2D eigenvalue weighted by Crippen LogP contribution is -2.41. The highest BCUT2D eigenvalue weighted by molar-refractivity contribution is 6.46. The molecule has 0 aromatic heterocycles. The fourth-order valence-electron chi connectivity index (χ4n) is 9.61. The fourth-order valence-corrected chi connectivity index (χ4v) is 9.61. The first-order valence-corrected chi connectivity index (χ1v) is 19.9. The zero-order valence-electron chi connectivity index (χ0n) is 31.6. The van der Waals surface area contributed by atoms with Crippen molar-refractivity contribution >= 4 is 22.3 Å². The van der Waals surface area contributed by atoms with Crippen LogP contribution in [0.5, 0.6) is 0 Å². The molecule has 0 spiro atoms. The van der Waals surface area contributed by atoms with Crippen molar-refractivity contribution in [3.8, 4) is 66.8 Å². The van der Waals surface area contributed by atoms with Crippen LogP contribution < -0.4 is 0 Å². The van der Waals surface area contributed by atoms with Gasteiger partial charge in [0.2, 0.25) is 11.6 Å². The third-order valence-electron chi connectivity index (χ3n) is 12.1. The Morgan fingerprint density at radius 3 is 0.828 bits per heavy atom. The number of hydrogen-bond acceptors (Lipinski definition) is 2. The molecule has 9 aromatic carbocycles. The third-order valence-corrected chi connectivity index (χ3v) is 12.1. The van der Waals surface area contributed by atoms with Crippen LogP contribution in [0.1, 0.15) is 34.1 Å². The summed E-state index contributed by atoms with van der Waals surface area (Å²) in [4.78, 5) is 29.2. The number of carbonyl (C=O) groups excluding carboxylic acids is 2. The van der Waals surface area contributed by atoms with Crippen molar-refractivity contribution in [1.82, 2.24) is 0 Å². The average molecular weight is 741 g/mol. The second-order valence-electron chi connectivity index (χ2n) is 15.4. The molecule has 0 amide bonds. The summed E-state index contributed by atoms with van der Waals surface area (Å²) in [5, 5.41) is 2.11. The monoisotopic (exact) mass is 740 g/mol. The summed E-state index contributed by atoms with van der Waals surface area (Å²) in [7, 11) is 0. The summed E-state index contributed by atoms with van der Waals surface area (Å²) in [5.41, 5.74) is 16.6. The third kappa shape index (κ3) is 5.41. The van der Waals surface area contributed by atoms with E-state index in [9.17, 15) is 9.59 Å². The summed E-state index contributed by atoms with van der Waals surface area (Å²) in [6.07, 6.45) is 0. The minimum absolute atomic E-state index is 0.329.